The molecule has 0 bridgehead atoms. The molecule has 80 valence electrons. The zero-order valence-electron chi connectivity index (χ0n) is 7.91. The first-order valence-corrected chi connectivity index (χ1v) is 4.66. The maximum Gasteiger partial charge on any atom is 0.270 e. The standard InChI is InChI=1S/C10H10F2N2O/c11-9(12)10(4-5-10)14-8(15)7-3-1-2-6-13-7/h1-3,6,9H,4-5H2,(H,14,15). The highest BCUT2D eigenvalue weighted by atomic mass is 19.3. The lowest BCUT2D eigenvalue weighted by molar-refractivity contribution is 0.0676. The summed E-state index contributed by atoms with van der Waals surface area (Å²) in [6, 6.07) is 4.80. The van der Waals surface area contributed by atoms with Gasteiger partial charge in [-0.1, -0.05) is 6.07 Å². The average Bonchev–Trinajstić information content (AvgIpc) is 3.00. The number of halogens is 2. The molecule has 0 spiro atoms. The lowest BCUT2D eigenvalue weighted by atomic mass is 10.2. The van der Waals surface area contributed by atoms with Crippen molar-refractivity contribution in [1.82, 2.24) is 10.3 Å². The molecule has 1 N–H and O–H groups in total. The van der Waals surface area contributed by atoms with Crippen LogP contribution in [0.4, 0.5) is 8.78 Å². The Morgan fingerprint density at radius 3 is 2.67 bits per heavy atom. The molecule has 0 radical (unpaired) electrons. The minimum atomic E-state index is -2.51. The molecule has 1 amide bonds. The van der Waals surface area contributed by atoms with E-state index in [1.54, 1.807) is 12.1 Å². The van der Waals surface area contributed by atoms with Crippen molar-refractivity contribution in [2.45, 2.75) is 24.8 Å². The summed E-state index contributed by atoms with van der Waals surface area (Å²) in [6.45, 7) is 0. The van der Waals surface area contributed by atoms with Gasteiger partial charge in [-0.3, -0.25) is 9.78 Å². The van der Waals surface area contributed by atoms with Crippen LogP contribution in [0.1, 0.15) is 23.3 Å². The molecule has 5 heteroatoms. The van der Waals surface area contributed by atoms with Gasteiger partial charge in [-0.05, 0) is 25.0 Å². The highest BCUT2D eigenvalue weighted by molar-refractivity contribution is 5.93. The van der Waals surface area contributed by atoms with Gasteiger partial charge in [0.2, 0.25) is 0 Å². The maximum atomic E-state index is 12.5. The van der Waals surface area contributed by atoms with Gasteiger partial charge in [0.25, 0.3) is 12.3 Å². The van der Waals surface area contributed by atoms with Crippen molar-refractivity contribution < 1.29 is 13.6 Å². The number of nitrogens with zero attached hydrogens (tertiary/aromatic N) is 1. The molecular weight excluding hydrogens is 202 g/mol. The van der Waals surface area contributed by atoms with E-state index in [9.17, 15) is 13.6 Å². The van der Waals surface area contributed by atoms with Crippen LogP contribution in [0, 0.1) is 0 Å². The Bertz CT molecular complexity index is 363. The summed E-state index contributed by atoms with van der Waals surface area (Å²) in [7, 11) is 0. The minimum absolute atomic E-state index is 0.171. The molecule has 1 heterocycles. The zero-order valence-corrected chi connectivity index (χ0v) is 7.91. The number of hydrogen-bond acceptors (Lipinski definition) is 2. The molecule has 1 fully saturated rings. The van der Waals surface area contributed by atoms with Crippen LogP contribution in [0.3, 0.4) is 0 Å². The number of aromatic nitrogens is 1. The molecule has 1 aliphatic rings. The van der Waals surface area contributed by atoms with E-state index in [0.717, 1.165) is 0 Å². The van der Waals surface area contributed by atoms with Gasteiger partial charge < -0.3 is 5.32 Å². The molecule has 0 saturated heterocycles. The van der Waals surface area contributed by atoms with Crippen molar-refractivity contribution >= 4 is 5.91 Å². The van der Waals surface area contributed by atoms with Crippen molar-refractivity contribution in [3.63, 3.8) is 0 Å². The molecule has 0 aromatic carbocycles. The van der Waals surface area contributed by atoms with E-state index in [1.807, 2.05) is 0 Å². The topological polar surface area (TPSA) is 42.0 Å². The number of nitrogens with one attached hydrogen (secondary N) is 1. The van der Waals surface area contributed by atoms with E-state index < -0.39 is 17.9 Å². The quantitative estimate of drug-likeness (QED) is 0.827. The molecule has 1 aromatic rings. The van der Waals surface area contributed by atoms with Gasteiger partial charge in [-0.15, -0.1) is 0 Å². The van der Waals surface area contributed by atoms with Gasteiger partial charge in [0.1, 0.15) is 11.2 Å². The Balaban J connectivity index is 2.05. The zero-order chi connectivity index (χ0) is 10.9. The third kappa shape index (κ3) is 1.95. The van der Waals surface area contributed by atoms with Crippen LogP contribution in [-0.4, -0.2) is 22.9 Å². The Labute approximate surface area is 85.5 Å². The lowest BCUT2D eigenvalue weighted by Gasteiger charge is -2.15. The molecular formula is C10H10F2N2O. The normalized spacial score (nSPS) is 17.5. The molecule has 2 rings (SSSR count). The number of alkyl halides is 2. The van der Waals surface area contributed by atoms with Crippen LogP contribution in [0.25, 0.3) is 0 Å². The van der Waals surface area contributed by atoms with Gasteiger partial charge in [0, 0.05) is 6.20 Å². The smallest absolute Gasteiger partial charge is 0.270 e. The number of hydrogen-bond donors (Lipinski definition) is 1. The lowest BCUT2D eigenvalue weighted by Crippen LogP contribution is -2.42. The van der Waals surface area contributed by atoms with Gasteiger partial charge in [-0.2, -0.15) is 0 Å². The van der Waals surface area contributed by atoms with Crippen molar-refractivity contribution in [3.05, 3.63) is 30.1 Å². The van der Waals surface area contributed by atoms with E-state index in [2.05, 4.69) is 10.3 Å². The number of pyridine rings is 1. The fourth-order valence-corrected chi connectivity index (χ4v) is 1.32. The third-order valence-electron chi connectivity index (χ3n) is 2.47. The predicted octanol–water partition coefficient (Wildman–Crippen LogP) is 1.61. The Morgan fingerprint density at radius 2 is 2.20 bits per heavy atom. The Morgan fingerprint density at radius 1 is 1.47 bits per heavy atom. The van der Waals surface area contributed by atoms with Crippen LogP contribution < -0.4 is 5.32 Å². The third-order valence-corrected chi connectivity index (χ3v) is 2.47. The molecule has 1 aliphatic carbocycles. The Hall–Kier alpha value is -1.52. The predicted molar refractivity (Wildman–Crippen MR) is 49.7 cm³/mol. The average molecular weight is 212 g/mol. The van der Waals surface area contributed by atoms with Gasteiger partial charge >= 0.3 is 0 Å². The van der Waals surface area contributed by atoms with Gasteiger partial charge in [0.05, 0.1) is 0 Å². The summed E-state index contributed by atoms with van der Waals surface area (Å²) in [5, 5.41) is 2.33. The van der Waals surface area contributed by atoms with Gasteiger partial charge in [0.15, 0.2) is 0 Å². The first kappa shape index (κ1) is 10.0. The molecule has 0 unspecified atom stereocenters. The number of carbonyl (C=O) groups is 1. The molecule has 0 atom stereocenters. The van der Waals surface area contributed by atoms with E-state index in [0.29, 0.717) is 12.8 Å². The van der Waals surface area contributed by atoms with E-state index in [4.69, 9.17) is 0 Å². The summed E-state index contributed by atoms with van der Waals surface area (Å²) in [6.07, 6.45) is -0.381. The van der Waals surface area contributed by atoms with Crippen LogP contribution in [0.5, 0.6) is 0 Å². The highest BCUT2D eigenvalue weighted by Gasteiger charge is 2.52. The monoisotopic (exact) mass is 212 g/mol. The summed E-state index contributed by atoms with van der Waals surface area (Å²) in [4.78, 5) is 15.3. The van der Waals surface area contributed by atoms with Crippen molar-refractivity contribution in [2.24, 2.45) is 0 Å². The van der Waals surface area contributed by atoms with E-state index >= 15 is 0 Å². The van der Waals surface area contributed by atoms with Crippen LogP contribution >= 0.6 is 0 Å². The fraction of sp³-hybridized carbons (Fsp3) is 0.400. The molecule has 1 saturated carbocycles. The highest BCUT2D eigenvalue weighted by Crippen LogP contribution is 2.41. The SMILES string of the molecule is O=C(NC1(C(F)F)CC1)c1ccccn1. The van der Waals surface area contributed by atoms with Crippen LogP contribution in [0.2, 0.25) is 0 Å². The van der Waals surface area contributed by atoms with E-state index in [-0.39, 0.29) is 5.69 Å². The van der Waals surface area contributed by atoms with Crippen molar-refractivity contribution in [3.8, 4) is 0 Å². The first-order valence-electron chi connectivity index (χ1n) is 4.66. The largest absolute Gasteiger partial charge is 0.339 e. The summed E-state index contributed by atoms with van der Waals surface area (Å²) in [5.74, 6) is -0.534. The second-order valence-corrected chi connectivity index (χ2v) is 3.63. The number of rotatable bonds is 3. The molecule has 3 nitrogen and oxygen atoms in total. The van der Waals surface area contributed by atoms with Crippen molar-refractivity contribution in [1.29, 1.82) is 0 Å². The molecule has 15 heavy (non-hydrogen) atoms. The number of carbonyl (C=O) groups excluding carboxylic acids is 1. The molecule has 1 aromatic heterocycles. The van der Waals surface area contributed by atoms with Crippen molar-refractivity contribution in [2.75, 3.05) is 0 Å². The second kappa shape index (κ2) is 3.56. The summed E-state index contributed by atoms with van der Waals surface area (Å²) < 4.78 is 25.0. The second-order valence-electron chi connectivity index (χ2n) is 3.63. The first-order chi connectivity index (χ1) is 7.14. The van der Waals surface area contributed by atoms with E-state index in [1.165, 1.54) is 12.3 Å². The molecule has 0 aliphatic heterocycles. The summed E-state index contributed by atoms with van der Waals surface area (Å²) in [5.41, 5.74) is -1.13. The van der Waals surface area contributed by atoms with Gasteiger partial charge in [-0.25, -0.2) is 8.78 Å². The van der Waals surface area contributed by atoms with Crippen LogP contribution in [0.15, 0.2) is 24.4 Å². The van der Waals surface area contributed by atoms with Crippen LogP contribution in [-0.2, 0) is 0 Å². The summed E-state index contributed by atoms with van der Waals surface area (Å²) >= 11 is 0. The Kier molecular flexibility index (Phi) is 2.38. The fourth-order valence-electron chi connectivity index (χ4n) is 1.32. The number of amides is 1. The maximum absolute atomic E-state index is 12.5. The minimum Gasteiger partial charge on any atom is -0.339 e.